The van der Waals surface area contributed by atoms with Gasteiger partial charge in [0.05, 0.1) is 9.77 Å². The lowest BCUT2D eigenvalue weighted by molar-refractivity contribution is 0.412. The van der Waals surface area contributed by atoms with Gasteiger partial charge in [-0.25, -0.2) is 13.1 Å². The van der Waals surface area contributed by atoms with Gasteiger partial charge in [0.2, 0.25) is 10.0 Å². The van der Waals surface area contributed by atoms with Crippen LogP contribution in [-0.2, 0) is 10.0 Å². The number of hydrogen-bond donors (Lipinski definition) is 2. The van der Waals surface area contributed by atoms with E-state index in [1.165, 1.54) is 17.8 Å². The van der Waals surface area contributed by atoms with Crippen molar-refractivity contribution in [2.24, 2.45) is 0 Å². The second-order valence-electron chi connectivity index (χ2n) is 6.31. The first-order valence-corrected chi connectivity index (χ1v) is 10.3. The highest BCUT2D eigenvalue weighted by molar-refractivity contribution is 7.89. The second-order valence-corrected chi connectivity index (χ2v) is 9.25. The monoisotopic (exact) mass is 353 g/mol. The summed E-state index contributed by atoms with van der Waals surface area (Å²) in [7, 11) is -3.46. The van der Waals surface area contributed by atoms with Crippen LogP contribution in [0.25, 0.3) is 10.6 Å². The van der Waals surface area contributed by atoms with E-state index >= 15 is 0 Å². The average Bonchev–Trinajstić information content (AvgIpc) is 3.04. The van der Waals surface area contributed by atoms with Crippen LogP contribution in [0.5, 0.6) is 0 Å². The number of rotatable bonds is 4. The van der Waals surface area contributed by atoms with Crippen molar-refractivity contribution in [2.45, 2.75) is 63.8 Å². The summed E-state index contributed by atoms with van der Waals surface area (Å²) in [6, 6.07) is 1.83. The molecule has 0 atom stereocenters. The summed E-state index contributed by atoms with van der Waals surface area (Å²) < 4.78 is 28.3. The molecule has 0 amide bonds. The van der Waals surface area contributed by atoms with E-state index in [4.69, 9.17) is 0 Å². The van der Waals surface area contributed by atoms with Crippen molar-refractivity contribution in [3.63, 3.8) is 0 Å². The van der Waals surface area contributed by atoms with Crippen molar-refractivity contribution in [2.75, 3.05) is 0 Å². The fourth-order valence-electron chi connectivity index (χ4n) is 3.08. The van der Waals surface area contributed by atoms with E-state index in [0.29, 0.717) is 4.90 Å². The fourth-order valence-corrected chi connectivity index (χ4v) is 6.02. The largest absolute Gasteiger partial charge is 0.282 e. The molecule has 5 nitrogen and oxygen atoms in total. The van der Waals surface area contributed by atoms with E-state index in [1.54, 1.807) is 6.07 Å². The van der Waals surface area contributed by atoms with Gasteiger partial charge in [0, 0.05) is 16.6 Å². The van der Waals surface area contributed by atoms with Gasteiger partial charge in [0.1, 0.15) is 5.69 Å². The lowest BCUT2D eigenvalue weighted by atomic mass is 9.96. The molecule has 3 rings (SSSR count). The normalized spacial score (nSPS) is 16.8. The molecular weight excluding hydrogens is 330 g/mol. The third kappa shape index (κ3) is 3.36. The van der Waals surface area contributed by atoms with Gasteiger partial charge in [-0.1, -0.05) is 19.3 Å². The van der Waals surface area contributed by atoms with Crippen LogP contribution in [0.15, 0.2) is 11.0 Å². The van der Waals surface area contributed by atoms with Crippen molar-refractivity contribution in [3.8, 4) is 10.6 Å². The number of sulfonamides is 1. The number of nitrogens with zero attached hydrogens (tertiary/aromatic N) is 1. The highest BCUT2D eigenvalue weighted by Crippen LogP contribution is 2.35. The first-order valence-electron chi connectivity index (χ1n) is 8.03. The first kappa shape index (κ1) is 16.7. The highest BCUT2D eigenvalue weighted by atomic mass is 32.2. The van der Waals surface area contributed by atoms with Crippen molar-refractivity contribution in [1.29, 1.82) is 0 Å². The Morgan fingerprint density at radius 1 is 1.22 bits per heavy atom. The topological polar surface area (TPSA) is 74.8 Å². The third-order valence-corrected chi connectivity index (χ3v) is 7.41. The van der Waals surface area contributed by atoms with Crippen LogP contribution in [0.3, 0.4) is 0 Å². The third-order valence-electron chi connectivity index (χ3n) is 4.58. The molecule has 1 saturated carbocycles. The summed E-state index contributed by atoms with van der Waals surface area (Å²) >= 11 is 1.48. The molecule has 1 fully saturated rings. The minimum atomic E-state index is -3.46. The number of hydrogen-bond acceptors (Lipinski definition) is 4. The van der Waals surface area contributed by atoms with E-state index in [0.717, 1.165) is 52.4 Å². The predicted octanol–water partition coefficient (Wildman–Crippen LogP) is 3.67. The zero-order valence-corrected chi connectivity index (χ0v) is 15.4. The Balaban J connectivity index is 1.89. The molecule has 1 aliphatic carbocycles. The lowest BCUT2D eigenvalue weighted by Crippen LogP contribution is -2.36. The van der Waals surface area contributed by atoms with Gasteiger partial charge in [0.25, 0.3) is 0 Å². The van der Waals surface area contributed by atoms with E-state index in [9.17, 15) is 8.42 Å². The van der Waals surface area contributed by atoms with Gasteiger partial charge in [-0.15, -0.1) is 11.3 Å². The highest BCUT2D eigenvalue weighted by Gasteiger charge is 2.26. The minimum absolute atomic E-state index is 0.0749. The van der Waals surface area contributed by atoms with E-state index < -0.39 is 10.0 Å². The Hall–Kier alpha value is -1.18. The zero-order chi connectivity index (χ0) is 16.6. The smallest absolute Gasteiger partial charge is 0.241 e. The van der Waals surface area contributed by atoms with Crippen LogP contribution >= 0.6 is 11.3 Å². The van der Waals surface area contributed by atoms with Gasteiger partial charge >= 0.3 is 0 Å². The van der Waals surface area contributed by atoms with Crippen LogP contribution in [0.4, 0.5) is 0 Å². The molecule has 0 bridgehead atoms. The number of aromatic amines is 1. The average molecular weight is 354 g/mol. The van der Waals surface area contributed by atoms with Crippen LogP contribution < -0.4 is 4.72 Å². The van der Waals surface area contributed by atoms with Gasteiger partial charge < -0.3 is 0 Å². The molecule has 126 valence electrons. The molecule has 2 heterocycles. The Morgan fingerprint density at radius 2 is 1.91 bits per heavy atom. The maximum Gasteiger partial charge on any atom is 0.241 e. The minimum Gasteiger partial charge on any atom is -0.282 e. The SMILES string of the molecule is Cc1[nH]nc(-c2cc(S(=O)(=O)NC3CCCCC3)c(C)s2)c1C. The number of aromatic nitrogens is 2. The molecule has 0 saturated heterocycles. The standard InChI is InChI=1S/C16H23N3O2S2/c1-10-11(2)17-18-16(10)14-9-15(12(3)22-14)23(20,21)19-13-7-5-4-6-8-13/h9,13,19H,4-8H2,1-3H3,(H,17,18). The van der Waals surface area contributed by atoms with E-state index in [2.05, 4.69) is 14.9 Å². The van der Waals surface area contributed by atoms with Gasteiger partial charge in [-0.3, -0.25) is 5.10 Å². The molecule has 23 heavy (non-hydrogen) atoms. The molecule has 2 N–H and O–H groups in total. The molecule has 0 unspecified atom stereocenters. The Labute approximate surface area is 141 Å². The molecule has 2 aromatic rings. The number of thiophene rings is 1. The molecule has 0 aliphatic heterocycles. The van der Waals surface area contributed by atoms with Crippen LogP contribution in [-0.4, -0.2) is 24.7 Å². The summed E-state index contributed by atoms with van der Waals surface area (Å²) in [5.41, 5.74) is 2.92. The molecule has 0 spiro atoms. The molecular formula is C16H23N3O2S2. The predicted molar refractivity (Wildman–Crippen MR) is 93.3 cm³/mol. The Kier molecular flexibility index (Phi) is 4.62. The number of aryl methyl sites for hydroxylation is 2. The van der Waals surface area contributed by atoms with Gasteiger partial charge in [0.15, 0.2) is 0 Å². The molecule has 2 aromatic heterocycles. The maximum atomic E-state index is 12.7. The zero-order valence-electron chi connectivity index (χ0n) is 13.8. The quantitative estimate of drug-likeness (QED) is 0.880. The van der Waals surface area contributed by atoms with E-state index in [-0.39, 0.29) is 6.04 Å². The molecule has 7 heteroatoms. The van der Waals surface area contributed by atoms with Crippen molar-refractivity contribution >= 4 is 21.4 Å². The van der Waals surface area contributed by atoms with Crippen molar-refractivity contribution in [3.05, 3.63) is 22.2 Å². The Bertz CT molecular complexity index is 799. The summed E-state index contributed by atoms with van der Waals surface area (Å²) in [4.78, 5) is 2.10. The summed E-state index contributed by atoms with van der Waals surface area (Å²) in [5.74, 6) is 0. The number of H-pyrrole nitrogens is 1. The van der Waals surface area contributed by atoms with Gasteiger partial charge in [-0.05, 0) is 45.2 Å². The van der Waals surface area contributed by atoms with Crippen LogP contribution in [0, 0.1) is 20.8 Å². The molecule has 1 aliphatic rings. The summed E-state index contributed by atoms with van der Waals surface area (Å²) in [6.07, 6.45) is 5.29. The lowest BCUT2D eigenvalue weighted by Gasteiger charge is -2.22. The Morgan fingerprint density at radius 3 is 2.52 bits per heavy atom. The number of nitrogens with one attached hydrogen (secondary N) is 2. The second kappa shape index (κ2) is 6.37. The summed E-state index contributed by atoms with van der Waals surface area (Å²) in [6.45, 7) is 5.82. The first-order chi connectivity index (χ1) is 10.9. The van der Waals surface area contributed by atoms with Gasteiger partial charge in [-0.2, -0.15) is 5.10 Å². The molecule has 0 aromatic carbocycles. The van der Waals surface area contributed by atoms with E-state index in [1.807, 2.05) is 20.8 Å². The van der Waals surface area contributed by atoms with Crippen LogP contribution in [0.2, 0.25) is 0 Å². The van der Waals surface area contributed by atoms with Crippen molar-refractivity contribution in [1.82, 2.24) is 14.9 Å². The van der Waals surface area contributed by atoms with Crippen molar-refractivity contribution < 1.29 is 8.42 Å². The maximum absolute atomic E-state index is 12.7. The fraction of sp³-hybridized carbons (Fsp3) is 0.562. The van der Waals surface area contributed by atoms with Crippen LogP contribution in [0.1, 0.15) is 48.2 Å². The molecule has 0 radical (unpaired) electrons. The summed E-state index contributed by atoms with van der Waals surface area (Å²) in [5, 5.41) is 7.27.